The fourth-order valence-electron chi connectivity index (χ4n) is 3.15. The zero-order chi connectivity index (χ0) is 20.8. The Kier molecular flexibility index (Phi) is 6.39. The number of halogens is 1. The molecule has 2 N–H and O–H groups in total. The zero-order valence-corrected chi connectivity index (χ0v) is 16.4. The van der Waals surface area contributed by atoms with E-state index in [1.807, 2.05) is 42.7 Å². The Morgan fingerprint density at radius 2 is 1.76 bits per heavy atom. The molecule has 0 saturated carbocycles. The lowest BCUT2D eigenvalue weighted by Crippen LogP contribution is -2.35. The molecule has 0 aliphatic heterocycles. The highest BCUT2D eigenvalue weighted by molar-refractivity contribution is 5.95. The third-order valence-electron chi connectivity index (χ3n) is 4.56. The molecule has 6 nitrogen and oxygen atoms in total. The molecule has 0 saturated heterocycles. The highest BCUT2D eigenvalue weighted by Crippen LogP contribution is 2.19. The summed E-state index contributed by atoms with van der Waals surface area (Å²) in [5.41, 5.74) is 3.03. The van der Waals surface area contributed by atoms with Crippen LogP contribution in [0.25, 0.3) is 5.82 Å². The van der Waals surface area contributed by atoms with Crippen LogP contribution >= 0.6 is 0 Å². The lowest BCUT2D eigenvalue weighted by Gasteiger charge is -2.09. The molecule has 2 aromatic heterocycles. The van der Waals surface area contributed by atoms with Gasteiger partial charge in [0.05, 0.1) is 12.0 Å². The molecule has 0 bridgehead atoms. The number of carbonyl (C=O) groups excluding carboxylic acids is 2. The average Bonchev–Trinajstić information content (AvgIpc) is 3.01. The summed E-state index contributed by atoms with van der Waals surface area (Å²) in [7, 11) is 0. The van der Waals surface area contributed by atoms with Crippen LogP contribution in [0.15, 0.2) is 54.7 Å². The number of pyridine rings is 1. The number of benzene rings is 1. The lowest BCUT2D eigenvalue weighted by atomic mass is 10.1. The van der Waals surface area contributed by atoms with E-state index in [0.29, 0.717) is 18.7 Å². The molecule has 0 radical (unpaired) electrons. The number of rotatable bonds is 7. The van der Waals surface area contributed by atoms with Crippen molar-refractivity contribution in [3.63, 3.8) is 0 Å². The van der Waals surface area contributed by atoms with Crippen LogP contribution in [0.2, 0.25) is 0 Å². The van der Waals surface area contributed by atoms with E-state index in [4.69, 9.17) is 0 Å². The van der Waals surface area contributed by atoms with Crippen LogP contribution in [-0.2, 0) is 11.2 Å². The van der Waals surface area contributed by atoms with Crippen molar-refractivity contribution >= 4 is 11.8 Å². The van der Waals surface area contributed by atoms with Crippen molar-refractivity contribution in [3.8, 4) is 5.82 Å². The van der Waals surface area contributed by atoms with Gasteiger partial charge in [0, 0.05) is 30.7 Å². The van der Waals surface area contributed by atoms with E-state index >= 15 is 0 Å². The van der Waals surface area contributed by atoms with Crippen molar-refractivity contribution in [2.45, 2.75) is 20.3 Å². The number of aromatic nitrogens is 2. The molecule has 0 atom stereocenters. The quantitative estimate of drug-likeness (QED) is 0.605. The molecule has 3 rings (SSSR count). The molecule has 150 valence electrons. The molecule has 1 aromatic carbocycles. The zero-order valence-electron chi connectivity index (χ0n) is 16.4. The number of carbonyl (C=O) groups is 2. The molecule has 7 heteroatoms. The summed E-state index contributed by atoms with van der Waals surface area (Å²) in [4.78, 5) is 28.8. The van der Waals surface area contributed by atoms with E-state index in [0.717, 1.165) is 22.8 Å². The largest absolute Gasteiger partial charge is 0.354 e. The summed E-state index contributed by atoms with van der Waals surface area (Å²) in [6, 6.07) is 13.3. The van der Waals surface area contributed by atoms with Gasteiger partial charge in [-0.25, -0.2) is 9.37 Å². The maximum Gasteiger partial charge on any atom is 0.253 e. The molecule has 0 fully saturated rings. The number of amides is 2. The van der Waals surface area contributed by atoms with E-state index in [-0.39, 0.29) is 24.1 Å². The summed E-state index contributed by atoms with van der Waals surface area (Å²) in [5, 5.41) is 5.57. The molecule has 2 amide bonds. The van der Waals surface area contributed by atoms with Gasteiger partial charge in [-0.1, -0.05) is 18.2 Å². The first-order valence-electron chi connectivity index (χ1n) is 9.35. The molecule has 0 spiro atoms. The van der Waals surface area contributed by atoms with E-state index in [1.54, 1.807) is 18.3 Å². The van der Waals surface area contributed by atoms with Crippen molar-refractivity contribution in [3.05, 3.63) is 83.1 Å². The van der Waals surface area contributed by atoms with E-state index in [1.165, 1.54) is 12.1 Å². The maximum atomic E-state index is 12.9. The van der Waals surface area contributed by atoms with Gasteiger partial charge in [-0.2, -0.15) is 0 Å². The minimum absolute atomic E-state index is 0.166. The summed E-state index contributed by atoms with van der Waals surface area (Å²) in [6.07, 6.45) is 1.88. The average molecular weight is 394 g/mol. The van der Waals surface area contributed by atoms with Crippen LogP contribution in [0.4, 0.5) is 4.39 Å². The molecule has 29 heavy (non-hydrogen) atoms. The second kappa shape index (κ2) is 9.14. The monoisotopic (exact) mass is 394 g/mol. The van der Waals surface area contributed by atoms with Crippen LogP contribution in [0.3, 0.4) is 0 Å². The first kappa shape index (κ1) is 20.3. The maximum absolute atomic E-state index is 12.9. The smallest absolute Gasteiger partial charge is 0.253 e. The number of hydrogen-bond acceptors (Lipinski definition) is 3. The Hall–Kier alpha value is -3.48. The Balaban J connectivity index is 1.51. The Morgan fingerprint density at radius 3 is 2.45 bits per heavy atom. The van der Waals surface area contributed by atoms with Crippen LogP contribution in [0.1, 0.15) is 27.3 Å². The normalized spacial score (nSPS) is 10.6. The third kappa shape index (κ3) is 5.07. The first-order valence-corrected chi connectivity index (χ1v) is 9.35. The molecule has 2 heterocycles. The number of nitrogens with zero attached hydrogens (tertiary/aromatic N) is 2. The van der Waals surface area contributed by atoms with Crippen molar-refractivity contribution in [1.29, 1.82) is 0 Å². The number of hydrogen-bond donors (Lipinski definition) is 2. The Bertz CT molecular complexity index is 998. The third-order valence-corrected chi connectivity index (χ3v) is 4.56. The van der Waals surface area contributed by atoms with E-state index in [2.05, 4.69) is 15.6 Å². The van der Waals surface area contributed by atoms with Gasteiger partial charge < -0.3 is 15.2 Å². The summed E-state index contributed by atoms with van der Waals surface area (Å²) >= 11 is 0. The molecular weight excluding hydrogens is 371 g/mol. The highest BCUT2D eigenvalue weighted by atomic mass is 19.1. The molecule has 0 aliphatic carbocycles. The first-order chi connectivity index (χ1) is 14.0. The van der Waals surface area contributed by atoms with E-state index < -0.39 is 0 Å². The minimum atomic E-state index is -0.334. The van der Waals surface area contributed by atoms with Crippen molar-refractivity contribution in [1.82, 2.24) is 20.2 Å². The lowest BCUT2D eigenvalue weighted by molar-refractivity contribution is -0.120. The van der Waals surface area contributed by atoms with Gasteiger partial charge in [-0.3, -0.25) is 9.59 Å². The number of nitrogens with one attached hydrogen (secondary N) is 2. The topological polar surface area (TPSA) is 76.0 Å². The van der Waals surface area contributed by atoms with Gasteiger partial charge in [0.15, 0.2) is 0 Å². The molecule has 0 unspecified atom stereocenters. The second-order valence-corrected chi connectivity index (χ2v) is 6.72. The van der Waals surface area contributed by atoms with Crippen molar-refractivity contribution < 1.29 is 14.0 Å². The van der Waals surface area contributed by atoms with Gasteiger partial charge in [0.25, 0.3) is 5.91 Å². The van der Waals surface area contributed by atoms with Crippen molar-refractivity contribution in [2.24, 2.45) is 0 Å². The van der Waals surface area contributed by atoms with Gasteiger partial charge in [-0.05, 0) is 49.7 Å². The summed E-state index contributed by atoms with van der Waals surface area (Å²) < 4.78 is 14.8. The Morgan fingerprint density at radius 1 is 1.03 bits per heavy atom. The standard InChI is InChI=1S/C22H23FN4O2/c1-15-13-19(16(2)27(15)20-5-3-4-10-24-20)22(29)26-12-11-25-21(28)14-17-6-8-18(23)9-7-17/h3-10,13H,11-12,14H2,1-2H3,(H,25,28)(H,26,29). The van der Waals surface area contributed by atoms with Gasteiger partial charge in [0.1, 0.15) is 11.6 Å². The highest BCUT2D eigenvalue weighted by Gasteiger charge is 2.16. The molecule has 3 aromatic rings. The van der Waals surface area contributed by atoms with Crippen LogP contribution < -0.4 is 10.6 Å². The predicted octanol–water partition coefficient (Wildman–Crippen LogP) is 2.72. The summed E-state index contributed by atoms with van der Waals surface area (Å²) in [5.74, 6) is 0.0427. The van der Waals surface area contributed by atoms with Crippen LogP contribution in [-0.4, -0.2) is 34.5 Å². The van der Waals surface area contributed by atoms with Gasteiger partial charge in [0.2, 0.25) is 5.91 Å². The van der Waals surface area contributed by atoms with Gasteiger partial charge >= 0.3 is 0 Å². The predicted molar refractivity (Wildman–Crippen MR) is 108 cm³/mol. The Labute approximate surface area is 168 Å². The van der Waals surface area contributed by atoms with E-state index in [9.17, 15) is 14.0 Å². The fraction of sp³-hybridized carbons (Fsp3) is 0.227. The SMILES string of the molecule is Cc1cc(C(=O)NCCNC(=O)Cc2ccc(F)cc2)c(C)n1-c1ccccn1. The van der Waals surface area contributed by atoms with Gasteiger partial charge in [-0.15, -0.1) is 0 Å². The fourth-order valence-corrected chi connectivity index (χ4v) is 3.15. The van der Waals surface area contributed by atoms with Crippen molar-refractivity contribution in [2.75, 3.05) is 13.1 Å². The molecule has 0 aliphatic rings. The minimum Gasteiger partial charge on any atom is -0.354 e. The second-order valence-electron chi connectivity index (χ2n) is 6.72. The number of aryl methyl sites for hydroxylation is 1. The summed E-state index contributed by atoms with van der Waals surface area (Å²) in [6.45, 7) is 4.42. The van der Waals surface area contributed by atoms with Crippen LogP contribution in [0, 0.1) is 19.7 Å². The molecular formula is C22H23FN4O2. The van der Waals surface area contributed by atoms with Crippen LogP contribution in [0.5, 0.6) is 0 Å².